The minimum atomic E-state index is 0.720. The highest BCUT2D eigenvalue weighted by Crippen LogP contribution is 2.26. The van der Waals surface area contributed by atoms with Gasteiger partial charge < -0.3 is 4.98 Å². The lowest BCUT2D eigenvalue weighted by atomic mass is 10.1. The molecule has 90 valence electrons. The maximum absolute atomic E-state index is 4.30. The summed E-state index contributed by atoms with van der Waals surface area (Å²) in [6, 6.07) is 8.39. The molecule has 0 atom stereocenters. The Hall–Kier alpha value is -1.88. The maximum Gasteiger partial charge on any atom is 0.181 e. The van der Waals surface area contributed by atoms with Gasteiger partial charge in [0.1, 0.15) is 16.9 Å². The molecule has 2 aromatic heterocycles. The topological polar surface area (TPSA) is 54.5 Å². The van der Waals surface area contributed by atoms with Gasteiger partial charge in [0.15, 0.2) is 5.65 Å². The van der Waals surface area contributed by atoms with Crippen LogP contribution in [0.5, 0.6) is 0 Å². The number of hydrogen-bond donors (Lipinski definition) is 1. The number of H-pyrrole nitrogens is 1. The van der Waals surface area contributed by atoms with E-state index in [-0.39, 0.29) is 0 Å². The number of aromatic amines is 1. The Bertz CT molecular complexity index is 677. The van der Waals surface area contributed by atoms with Crippen LogP contribution in [0.3, 0.4) is 0 Å². The van der Waals surface area contributed by atoms with Crippen molar-refractivity contribution in [3.63, 3.8) is 0 Å². The van der Waals surface area contributed by atoms with Crippen molar-refractivity contribution >= 4 is 22.9 Å². The number of hydrogen-bond acceptors (Lipinski definition) is 4. The highest BCUT2D eigenvalue weighted by molar-refractivity contribution is 7.98. The third kappa shape index (κ3) is 2.09. The second-order valence-electron chi connectivity index (χ2n) is 4.00. The molecule has 18 heavy (non-hydrogen) atoms. The molecular formula is C13H12N4S. The first kappa shape index (κ1) is 11.2. The van der Waals surface area contributed by atoms with Crippen molar-refractivity contribution < 1.29 is 0 Å². The number of benzene rings is 1. The summed E-state index contributed by atoms with van der Waals surface area (Å²) in [7, 11) is 0. The summed E-state index contributed by atoms with van der Waals surface area (Å²) < 4.78 is 0. The molecule has 0 saturated carbocycles. The molecule has 0 bridgehead atoms. The molecule has 4 nitrogen and oxygen atoms in total. The van der Waals surface area contributed by atoms with E-state index in [0.29, 0.717) is 0 Å². The lowest BCUT2D eigenvalue weighted by molar-refractivity contribution is 1.08. The van der Waals surface area contributed by atoms with Crippen molar-refractivity contribution in [3.05, 3.63) is 48.0 Å². The summed E-state index contributed by atoms with van der Waals surface area (Å²) in [5, 5.41) is 0.945. The first-order chi connectivity index (χ1) is 8.84. The first-order valence-electron chi connectivity index (χ1n) is 5.66. The number of fused-ring (bicyclic) bond motifs is 1. The van der Waals surface area contributed by atoms with Crippen LogP contribution in [0.1, 0.15) is 11.1 Å². The lowest BCUT2D eigenvalue weighted by Crippen LogP contribution is -1.89. The van der Waals surface area contributed by atoms with E-state index >= 15 is 0 Å². The molecule has 0 aliphatic heterocycles. The molecule has 2 heterocycles. The Labute approximate surface area is 109 Å². The molecule has 0 aliphatic rings. The molecule has 1 N–H and O–H groups in total. The lowest BCUT2D eigenvalue weighted by Gasteiger charge is -2.04. The average Bonchev–Trinajstić information content (AvgIpc) is 2.86. The number of rotatable bonds is 3. The summed E-state index contributed by atoms with van der Waals surface area (Å²) in [5.74, 6) is 0.901. The van der Waals surface area contributed by atoms with Crippen LogP contribution in [0.15, 0.2) is 41.9 Å². The number of nitrogens with zero attached hydrogens (tertiary/aromatic N) is 3. The van der Waals surface area contributed by atoms with Crippen LogP contribution in [0.4, 0.5) is 0 Å². The predicted octanol–water partition coefficient (Wildman–Crippen LogP) is 2.95. The van der Waals surface area contributed by atoms with E-state index in [1.165, 1.54) is 11.1 Å². The fraction of sp³-hybridized carbons (Fsp3) is 0.154. The van der Waals surface area contributed by atoms with Crippen LogP contribution < -0.4 is 0 Å². The van der Waals surface area contributed by atoms with E-state index in [4.69, 9.17) is 0 Å². The summed E-state index contributed by atoms with van der Waals surface area (Å²) in [4.78, 5) is 15.6. The van der Waals surface area contributed by atoms with Gasteiger partial charge in [-0.2, -0.15) is 0 Å². The second-order valence-corrected chi connectivity index (χ2v) is 4.96. The van der Waals surface area contributed by atoms with Gasteiger partial charge in [-0.05, 0) is 18.1 Å². The number of thioether (sulfide) groups is 1. The fourth-order valence-corrected chi connectivity index (χ4v) is 2.80. The minimum absolute atomic E-state index is 0.720. The maximum atomic E-state index is 4.30. The van der Waals surface area contributed by atoms with Gasteiger partial charge in [-0.25, -0.2) is 15.0 Å². The highest BCUT2D eigenvalue weighted by Gasteiger charge is 2.07. The number of imidazole rings is 1. The van der Waals surface area contributed by atoms with Crippen molar-refractivity contribution in [3.8, 4) is 0 Å². The van der Waals surface area contributed by atoms with Crippen molar-refractivity contribution in [2.45, 2.75) is 17.7 Å². The third-order valence-corrected chi connectivity index (χ3v) is 3.85. The fourth-order valence-electron chi connectivity index (χ4n) is 1.77. The third-order valence-electron chi connectivity index (χ3n) is 2.81. The Kier molecular flexibility index (Phi) is 2.98. The molecule has 5 heteroatoms. The molecular weight excluding hydrogens is 244 g/mol. The highest BCUT2D eigenvalue weighted by atomic mass is 32.2. The summed E-state index contributed by atoms with van der Waals surface area (Å²) in [6.07, 6.45) is 3.21. The Balaban J connectivity index is 1.85. The number of nitrogens with one attached hydrogen (secondary N) is 1. The standard InChI is InChI=1S/C13H12N4S/c1-9-4-2-3-5-10(9)6-18-13-11-12(15-7-14-11)16-8-17-13/h2-5,7-8H,6H2,1H3,(H,14,15,16,17). The first-order valence-corrected chi connectivity index (χ1v) is 6.64. The van der Waals surface area contributed by atoms with E-state index in [1.807, 2.05) is 0 Å². The monoisotopic (exact) mass is 256 g/mol. The van der Waals surface area contributed by atoms with Gasteiger partial charge in [0.05, 0.1) is 6.33 Å². The van der Waals surface area contributed by atoms with Crippen molar-refractivity contribution in [1.82, 2.24) is 19.9 Å². The molecule has 0 spiro atoms. The molecule has 0 aliphatic carbocycles. The normalized spacial score (nSPS) is 10.9. The van der Waals surface area contributed by atoms with Gasteiger partial charge >= 0.3 is 0 Å². The Morgan fingerprint density at radius 1 is 1.17 bits per heavy atom. The summed E-state index contributed by atoms with van der Waals surface area (Å²) >= 11 is 1.70. The Morgan fingerprint density at radius 3 is 2.94 bits per heavy atom. The molecule has 0 unspecified atom stereocenters. The minimum Gasteiger partial charge on any atom is -0.341 e. The second kappa shape index (κ2) is 4.78. The molecule has 0 amide bonds. The van der Waals surface area contributed by atoms with Crippen molar-refractivity contribution in [2.75, 3.05) is 0 Å². The van der Waals surface area contributed by atoms with Gasteiger partial charge in [0.2, 0.25) is 0 Å². The molecule has 0 radical (unpaired) electrons. The SMILES string of the molecule is Cc1ccccc1CSc1ncnc2nc[nH]c12. The van der Waals surface area contributed by atoms with Crippen LogP contribution in [0.2, 0.25) is 0 Å². The largest absolute Gasteiger partial charge is 0.341 e. The summed E-state index contributed by atoms with van der Waals surface area (Å²) in [6.45, 7) is 2.13. The molecule has 0 saturated heterocycles. The van der Waals surface area contributed by atoms with Crippen LogP contribution in [0, 0.1) is 6.92 Å². The van der Waals surface area contributed by atoms with Gasteiger partial charge in [0.25, 0.3) is 0 Å². The van der Waals surface area contributed by atoms with Crippen molar-refractivity contribution in [2.24, 2.45) is 0 Å². The van der Waals surface area contributed by atoms with Gasteiger partial charge in [-0.1, -0.05) is 36.0 Å². The van der Waals surface area contributed by atoms with E-state index < -0.39 is 0 Å². The van der Waals surface area contributed by atoms with Crippen LogP contribution in [0.25, 0.3) is 11.2 Å². The van der Waals surface area contributed by atoms with Gasteiger partial charge in [0, 0.05) is 5.75 Å². The van der Waals surface area contributed by atoms with Crippen LogP contribution in [-0.4, -0.2) is 19.9 Å². The molecule has 0 fully saturated rings. The molecule has 3 rings (SSSR count). The van der Waals surface area contributed by atoms with Gasteiger partial charge in [-0.15, -0.1) is 0 Å². The van der Waals surface area contributed by atoms with E-state index in [2.05, 4.69) is 51.1 Å². The smallest absolute Gasteiger partial charge is 0.181 e. The van der Waals surface area contributed by atoms with Gasteiger partial charge in [-0.3, -0.25) is 0 Å². The zero-order valence-electron chi connectivity index (χ0n) is 9.92. The van der Waals surface area contributed by atoms with Crippen LogP contribution in [-0.2, 0) is 5.75 Å². The van der Waals surface area contributed by atoms with E-state index in [1.54, 1.807) is 24.4 Å². The number of aryl methyl sites for hydroxylation is 1. The zero-order valence-corrected chi connectivity index (χ0v) is 10.7. The van der Waals surface area contributed by atoms with E-state index in [9.17, 15) is 0 Å². The van der Waals surface area contributed by atoms with Crippen LogP contribution >= 0.6 is 11.8 Å². The predicted molar refractivity (Wildman–Crippen MR) is 72.4 cm³/mol. The Morgan fingerprint density at radius 2 is 2.06 bits per heavy atom. The molecule has 1 aromatic carbocycles. The quantitative estimate of drug-likeness (QED) is 0.578. The number of aromatic nitrogens is 4. The van der Waals surface area contributed by atoms with E-state index in [0.717, 1.165) is 21.9 Å². The average molecular weight is 256 g/mol. The molecule has 3 aromatic rings. The zero-order chi connectivity index (χ0) is 12.4. The van der Waals surface area contributed by atoms with Crippen molar-refractivity contribution in [1.29, 1.82) is 0 Å². The summed E-state index contributed by atoms with van der Waals surface area (Å²) in [5.41, 5.74) is 4.27.